The van der Waals surface area contributed by atoms with E-state index in [0.29, 0.717) is 23.2 Å². The summed E-state index contributed by atoms with van der Waals surface area (Å²) in [5, 5.41) is 4.40. The molecule has 2 aromatic carbocycles. The molecular weight excluding hydrogens is 504 g/mol. The molecule has 2 aromatic heterocycles. The van der Waals surface area contributed by atoms with E-state index in [-0.39, 0.29) is 11.4 Å². The molecule has 3 heterocycles. The Morgan fingerprint density at radius 3 is 2.79 bits per heavy atom. The number of fused-ring (bicyclic) bond motifs is 2. The van der Waals surface area contributed by atoms with E-state index in [1.807, 2.05) is 36.4 Å². The number of benzene rings is 2. The fourth-order valence-electron chi connectivity index (χ4n) is 4.05. The third-order valence-corrected chi connectivity index (χ3v) is 8.07. The van der Waals surface area contributed by atoms with Crippen LogP contribution in [-0.4, -0.2) is 36.3 Å². The van der Waals surface area contributed by atoms with Crippen LogP contribution in [0.15, 0.2) is 76.4 Å². The van der Waals surface area contributed by atoms with Crippen molar-refractivity contribution < 1.29 is 13.2 Å². The lowest BCUT2D eigenvalue weighted by atomic mass is 10.0. The first-order valence-corrected chi connectivity index (χ1v) is 12.6. The van der Waals surface area contributed by atoms with Gasteiger partial charge in [0.25, 0.3) is 0 Å². The van der Waals surface area contributed by atoms with E-state index in [1.54, 1.807) is 30.6 Å². The highest BCUT2D eigenvalue weighted by atomic mass is 79.9. The summed E-state index contributed by atoms with van der Waals surface area (Å²) in [6.07, 6.45) is 4.02. The number of anilines is 2. The SMILES string of the molecule is COc1ccc(Br)cc1S(=O)(=O)N1CCc2c(ccnc2Nc2cnc3ccccc3c2)C1. The summed E-state index contributed by atoms with van der Waals surface area (Å²) >= 11 is 3.36. The van der Waals surface area contributed by atoms with Crippen molar-refractivity contribution in [3.63, 3.8) is 0 Å². The van der Waals surface area contributed by atoms with Crippen LogP contribution >= 0.6 is 15.9 Å². The van der Waals surface area contributed by atoms with Gasteiger partial charge in [-0.25, -0.2) is 13.4 Å². The molecule has 0 spiro atoms. The van der Waals surface area contributed by atoms with Gasteiger partial charge in [0.1, 0.15) is 16.5 Å². The third kappa shape index (κ3) is 4.19. The van der Waals surface area contributed by atoms with Gasteiger partial charge in [-0.1, -0.05) is 34.1 Å². The van der Waals surface area contributed by atoms with Gasteiger partial charge in [-0.15, -0.1) is 0 Å². The largest absolute Gasteiger partial charge is 0.495 e. The molecule has 168 valence electrons. The van der Waals surface area contributed by atoms with E-state index >= 15 is 0 Å². The van der Waals surface area contributed by atoms with E-state index in [1.165, 1.54) is 11.4 Å². The molecule has 9 heteroatoms. The lowest BCUT2D eigenvalue weighted by molar-refractivity contribution is 0.377. The van der Waals surface area contributed by atoms with Crippen molar-refractivity contribution in [1.82, 2.24) is 14.3 Å². The van der Waals surface area contributed by atoms with Gasteiger partial charge in [0, 0.05) is 34.7 Å². The number of para-hydroxylation sites is 1. The molecule has 0 atom stereocenters. The molecule has 4 aromatic rings. The summed E-state index contributed by atoms with van der Waals surface area (Å²) in [6, 6.07) is 16.8. The number of methoxy groups -OCH3 is 1. The number of sulfonamides is 1. The van der Waals surface area contributed by atoms with Crippen LogP contribution in [0.25, 0.3) is 10.9 Å². The van der Waals surface area contributed by atoms with Gasteiger partial charge in [-0.05, 0) is 48.4 Å². The molecule has 7 nitrogen and oxygen atoms in total. The Kier molecular flexibility index (Phi) is 5.77. The molecule has 1 aliphatic heterocycles. The van der Waals surface area contributed by atoms with Gasteiger partial charge in [0.2, 0.25) is 10.0 Å². The number of ether oxygens (including phenoxy) is 1. The number of rotatable bonds is 5. The minimum Gasteiger partial charge on any atom is -0.495 e. The third-order valence-electron chi connectivity index (χ3n) is 5.71. The van der Waals surface area contributed by atoms with Gasteiger partial charge in [-0.2, -0.15) is 4.31 Å². The average molecular weight is 525 g/mol. The summed E-state index contributed by atoms with van der Waals surface area (Å²) < 4.78 is 34.3. The number of nitrogens with one attached hydrogen (secondary N) is 1. The Balaban J connectivity index is 1.44. The van der Waals surface area contributed by atoms with E-state index in [0.717, 1.165) is 33.5 Å². The van der Waals surface area contributed by atoms with Gasteiger partial charge < -0.3 is 10.1 Å². The van der Waals surface area contributed by atoms with Gasteiger partial charge in [-0.3, -0.25) is 4.98 Å². The van der Waals surface area contributed by atoms with E-state index in [9.17, 15) is 8.42 Å². The number of halogens is 1. The molecule has 0 unspecified atom stereocenters. The second kappa shape index (κ2) is 8.74. The molecule has 1 N–H and O–H groups in total. The molecule has 0 saturated heterocycles. The molecule has 0 amide bonds. The maximum absolute atomic E-state index is 13.4. The summed E-state index contributed by atoms with van der Waals surface area (Å²) in [5.74, 6) is 1.05. The van der Waals surface area contributed by atoms with Crippen molar-refractivity contribution in [2.45, 2.75) is 17.9 Å². The van der Waals surface area contributed by atoms with E-state index < -0.39 is 10.0 Å². The standard InChI is InChI=1S/C24H21BrN4O3S/c1-32-22-7-6-18(25)13-23(22)33(30,31)29-11-9-20-17(15-29)8-10-26-24(20)28-19-12-16-4-2-3-5-21(16)27-14-19/h2-8,10,12-14H,9,11,15H2,1H3,(H,26,28). The number of nitrogens with zero attached hydrogens (tertiary/aromatic N) is 3. The molecule has 0 aliphatic carbocycles. The molecule has 0 fully saturated rings. The van der Waals surface area contributed by atoms with Crippen molar-refractivity contribution in [3.8, 4) is 5.75 Å². The Bertz CT molecular complexity index is 1460. The summed E-state index contributed by atoms with van der Waals surface area (Å²) in [5.41, 5.74) is 3.70. The minimum atomic E-state index is -3.74. The second-order valence-corrected chi connectivity index (χ2v) is 10.5. The fraction of sp³-hybridized carbons (Fsp3) is 0.167. The van der Waals surface area contributed by atoms with E-state index in [4.69, 9.17) is 4.74 Å². The maximum Gasteiger partial charge on any atom is 0.247 e. The smallest absolute Gasteiger partial charge is 0.247 e. The van der Waals surface area contributed by atoms with Crippen LogP contribution in [0, 0.1) is 0 Å². The summed E-state index contributed by atoms with van der Waals surface area (Å²) in [6.45, 7) is 0.613. The van der Waals surface area contributed by atoms with E-state index in [2.05, 4.69) is 31.2 Å². The zero-order valence-corrected chi connectivity index (χ0v) is 20.2. The number of hydrogen-bond donors (Lipinski definition) is 1. The first kappa shape index (κ1) is 21.8. The predicted octanol–water partition coefficient (Wildman–Crippen LogP) is 4.89. The maximum atomic E-state index is 13.4. The zero-order valence-electron chi connectivity index (χ0n) is 17.8. The second-order valence-electron chi connectivity index (χ2n) is 7.72. The van der Waals surface area contributed by atoms with Gasteiger partial charge >= 0.3 is 0 Å². The first-order valence-electron chi connectivity index (χ1n) is 10.4. The average Bonchev–Trinajstić information content (AvgIpc) is 2.84. The van der Waals surface area contributed by atoms with Crippen LogP contribution in [0.5, 0.6) is 5.75 Å². The van der Waals surface area contributed by atoms with Gasteiger partial charge in [0.15, 0.2) is 0 Å². The van der Waals surface area contributed by atoms with Crippen LogP contribution in [-0.2, 0) is 23.0 Å². The van der Waals surface area contributed by atoms with Crippen LogP contribution in [0.4, 0.5) is 11.5 Å². The minimum absolute atomic E-state index is 0.150. The highest BCUT2D eigenvalue weighted by molar-refractivity contribution is 9.10. The molecule has 0 saturated carbocycles. The van der Waals surface area contributed by atoms with Crippen LogP contribution in [0.3, 0.4) is 0 Å². The Morgan fingerprint density at radius 1 is 1.09 bits per heavy atom. The van der Waals surface area contributed by atoms with Crippen molar-refractivity contribution in [3.05, 3.63) is 82.6 Å². The highest BCUT2D eigenvalue weighted by Crippen LogP contribution is 2.34. The predicted molar refractivity (Wildman–Crippen MR) is 131 cm³/mol. The fourth-order valence-corrected chi connectivity index (χ4v) is 6.16. The monoisotopic (exact) mass is 524 g/mol. The Hall–Kier alpha value is -3.01. The highest BCUT2D eigenvalue weighted by Gasteiger charge is 2.32. The van der Waals surface area contributed by atoms with Crippen LogP contribution in [0.2, 0.25) is 0 Å². The van der Waals surface area contributed by atoms with Crippen LogP contribution in [0.1, 0.15) is 11.1 Å². The summed E-state index contributed by atoms with van der Waals surface area (Å²) in [4.78, 5) is 9.17. The summed E-state index contributed by atoms with van der Waals surface area (Å²) in [7, 11) is -2.27. The molecule has 0 bridgehead atoms. The number of pyridine rings is 2. The molecule has 1 aliphatic rings. The number of aromatic nitrogens is 2. The number of hydrogen-bond acceptors (Lipinski definition) is 6. The zero-order chi connectivity index (χ0) is 23.0. The molecule has 33 heavy (non-hydrogen) atoms. The van der Waals surface area contributed by atoms with Crippen molar-refractivity contribution in [1.29, 1.82) is 0 Å². The van der Waals surface area contributed by atoms with Gasteiger partial charge in [0.05, 0.1) is 24.5 Å². The lowest BCUT2D eigenvalue weighted by Gasteiger charge is -2.29. The lowest BCUT2D eigenvalue weighted by Crippen LogP contribution is -2.36. The Labute approximate surface area is 200 Å². The normalized spacial score (nSPS) is 14.1. The molecule has 5 rings (SSSR count). The first-order chi connectivity index (χ1) is 16.0. The van der Waals surface area contributed by atoms with Crippen molar-refractivity contribution in [2.24, 2.45) is 0 Å². The molecule has 0 radical (unpaired) electrons. The van der Waals surface area contributed by atoms with Crippen LogP contribution < -0.4 is 10.1 Å². The quantitative estimate of drug-likeness (QED) is 0.400. The topological polar surface area (TPSA) is 84.4 Å². The molecular formula is C24H21BrN4O3S. The van der Waals surface area contributed by atoms with Crippen molar-refractivity contribution >= 4 is 48.4 Å². The Morgan fingerprint density at radius 2 is 1.94 bits per heavy atom. The van der Waals surface area contributed by atoms with Crippen molar-refractivity contribution in [2.75, 3.05) is 19.0 Å².